The summed E-state index contributed by atoms with van der Waals surface area (Å²) in [6, 6.07) is 5.56. The molecule has 21 heavy (non-hydrogen) atoms. The quantitative estimate of drug-likeness (QED) is 0.890. The van der Waals surface area contributed by atoms with Crippen molar-refractivity contribution in [2.75, 3.05) is 16.6 Å². The summed E-state index contributed by atoms with van der Waals surface area (Å²) >= 11 is 0. The maximum Gasteiger partial charge on any atom is 0.281 e. The van der Waals surface area contributed by atoms with Gasteiger partial charge in [0.15, 0.2) is 5.03 Å². The van der Waals surface area contributed by atoms with Crippen LogP contribution in [0.3, 0.4) is 0 Å². The van der Waals surface area contributed by atoms with E-state index in [9.17, 15) is 17.2 Å². The maximum absolute atomic E-state index is 13.1. The van der Waals surface area contributed by atoms with Crippen molar-refractivity contribution in [1.82, 2.24) is 4.98 Å². The third kappa shape index (κ3) is 3.66. The summed E-state index contributed by atoms with van der Waals surface area (Å²) in [6.07, 6.45) is 1.32. The van der Waals surface area contributed by atoms with E-state index in [0.717, 1.165) is 12.1 Å². The minimum absolute atomic E-state index is 0.208. The largest absolute Gasteiger partial charge is 0.383 e. The van der Waals surface area contributed by atoms with Crippen LogP contribution in [-0.4, -0.2) is 19.9 Å². The van der Waals surface area contributed by atoms with Gasteiger partial charge in [0.05, 0.1) is 11.4 Å². The second-order valence-electron chi connectivity index (χ2n) is 4.15. The Bertz CT molecular complexity index is 731. The predicted molar refractivity (Wildman–Crippen MR) is 75.6 cm³/mol. The van der Waals surface area contributed by atoms with Gasteiger partial charge < -0.3 is 5.32 Å². The molecule has 0 atom stereocenters. The lowest BCUT2D eigenvalue weighted by Crippen LogP contribution is -2.17. The molecule has 0 aliphatic rings. The van der Waals surface area contributed by atoms with Gasteiger partial charge in [-0.15, -0.1) is 0 Å². The van der Waals surface area contributed by atoms with Gasteiger partial charge in [0, 0.05) is 18.8 Å². The summed E-state index contributed by atoms with van der Waals surface area (Å²) < 4.78 is 52.8. The average molecular weight is 313 g/mol. The Morgan fingerprint density at radius 3 is 2.48 bits per heavy atom. The molecule has 1 aromatic carbocycles. The van der Waals surface area contributed by atoms with Crippen LogP contribution >= 0.6 is 0 Å². The molecule has 2 rings (SSSR count). The number of anilines is 2. The fourth-order valence-electron chi connectivity index (χ4n) is 1.75. The fourth-order valence-corrected chi connectivity index (χ4v) is 2.90. The second-order valence-corrected chi connectivity index (χ2v) is 5.75. The molecule has 8 heteroatoms. The summed E-state index contributed by atoms with van der Waals surface area (Å²) in [5.74, 6) is -1.75. The first kappa shape index (κ1) is 15.2. The van der Waals surface area contributed by atoms with Crippen LogP contribution in [0.25, 0.3) is 0 Å². The molecule has 0 saturated heterocycles. The molecular weight excluding hydrogens is 300 g/mol. The van der Waals surface area contributed by atoms with Crippen LogP contribution in [0, 0.1) is 11.6 Å². The summed E-state index contributed by atoms with van der Waals surface area (Å²) in [5, 5.41) is 2.62. The van der Waals surface area contributed by atoms with E-state index in [0.29, 0.717) is 18.3 Å². The number of hydrogen-bond acceptors (Lipinski definition) is 4. The van der Waals surface area contributed by atoms with E-state index in [2.05, 4.69) is 15.0 Å². The van der Waals surface area contributed by atoms with Gasteiger partial charge in [0.25, 0.3) is 10.0 Å². The van der Waals surface area contributed by atoms with Crippen molar-refractivity contribution >= 4 is 21.4 Å². The van der Waals surface area contributed by atoms with Gasteiger partial charge in [-0.2, -0.15) is 8.42 Å². The summed E-state index contributed by atoms with van der Waals surface area (Å²) in [4.78, 5) is 3.81. The van der Waals surface area contributed by atoms with E-state index in [1.165, 1.54) is 6.20 Å². The third-order valence-corrected chi connectivity index (χ3v) is 3.85. The second kappa shape index (κ2) is 6.04. The Morgan fingerprint density at radius 2 is 1.86 bits per heavy atom. The highest BCUT2D eigenvalue weighted by molar-refractivity contribution is 7.92. The molecule has 0 aliphatic carbocycles. The van der Waals surface area contributed by atoms with Crippen molar-refractivity contribution in [3.05, 3.63) is 48.2 Å². The number of nitrogens with one attached hydrogen (secondary N) is 2. The van der Waals surface area contributed by atoms with Gasteiger partial charge >= 0.3 is 0 Å². The van der Waals surface area contributed by atoms with E-state index in [1.54, 1.807) is 19.1 Å². The van der Waals surface area contributed by atoms with Crippen molar-refractivity contribution in [2.45, 2.75) is 11.9 Å². The molecular formula is C13H13F2N3O2S. The molecule has 0 fully saturated rings. The topological polar surface area (TPSA) is 71.1 Å². The molecule has 1 aromatic heterocycles. The van der Waals surface area contributed by atoms with Crippen molar-refractivity contribution in [1.29, 1.82) is 0 Å². The Balaban J connectivity index is 2.38. The van der Waals surface area contributed by atoms with E-state index in [1.807, 2.05) is 0 Å². The monoisotopic (exact) mass is 313 g/mol. The van der Waals surface area contributed by atoms with E-state index < -0.39 is 21.7 Å². The van der Waals surface area contributed by atoms with Crippen molar-refractivity contribution in [3.63, 3.8) is 0 Å². The van der Waals surface area contributed by atoms with Gasteiger partial charge in [0.2, 0.25) is 0 Å². The first-order valence-corrected chi connectivity index (χ1v) is 7.58. The highest BCUT2D eigenvalue weighted by Gasteiger charge is 2.20. The van der Waals surface area contributed by atoms with Gasteiger partial charge in [0.1, 0.15) is 11.6 Å². The standard InChI is InChI=1S/C13H13F2N3O2S/c1-2-16-12-4-3-5-17-13(12)21(19,20)18-11-7-9(14)6-10(15)8-11/h3-8,16,18H,2H2,1H3. The molecule has 112 valence electrons. The van der Waals surface area contributed by atoms with Gasteiger partial charge in [-0.3, -0.25) is 4.72 Å². The zero-order chi connectivity index (χ0) is 15.5. The molecule has 5 nitrogen and oxygen atoms in total. The number of nitrogens with zero attached hydrogens (tertiary/aromatic N) is 1. The lowest BCUT2D eigenvalue weighted by Gasteiger charge is -2.12. The maximum atomic E-state index is 13.1. The average Bonchev–Trinajstić information content (AvgIpc) is 2.37. The smallest absolute Gasteiger partial charge is 0.281 e. The first-order valence-electron chi connectivity index (χ1n) is 6.10. The van der Waals surface area contributed by atoms with Crippen LogP contribution in [-0.2, 0) is 10.0 Å². The first-order chi connectivity index (χ1) is 9.92. The molecule has 0 amide bonds. The van der Waals surface area contributed by atoms with Crippen molar-refractivity contribution < 1.29 is 17.2 Å². The minimum Gasteiger partial charge on any atom is -0.383 e. The molecule has 2 N–H and O–H groups in total. The molecule has 0 spiro atoms. The lowest BCUT2D eigenvalue weighted by atomic mass is 10.3. The number of benzene rings is 1. The zero-order valence-corrected chi connectivity index (χ0v) is 11.9. The Morgan fingerprint density at radius 1 is 1.19 bits per heavy atom. The van der Waals surface area contributed by atoms with E-state index in [-0.39, 0.29) is 10.7 Å². The summed E-state index contributed by atoms with van der Waals surface area (Å²) in [7, 11) is -4.06. The predicted octanol–water partition coefficient (Wildman–Crippen LogP) is 2.59. The number of pyridine rings is 1. The normalized spacial score (nSPS) is 11.2. The number of rotatable bonds is 5. The van der Waals surface area contributed by atoms with Crippen LogP contribution in [0.2, 0.25) is 0 Å². The Labute approximate surface area is 121 Å². The lowest BCUT2D eigenvalue weighted by molar-refractivity contribution is 0.584. The third-order valence-electron chi connectivity index (χ3n) is 2.51. The van der Waals surface area contributed by atoms with Crippen LogP contribution in [0.1, 0.15) is 6.92 Å². The van der Waals surface area contributed by atoms with Crippen LogP contribution in [0.15, 0.2) is 41.6 Å². The van der Waals surface area contributed by atoms with Crippen LogP contribution < -0.4 is 10.0 Å². The molecule has 2 aromatic rings. The number of sulfonamides is 1. The number of halogens is 2. The van der Waals surface area contributed by atoms with Gasteiger partial charge in [-0.1, -0.05) is 0 Å². The van der Waals surface area contributed by atoms with Crippen molar-refractivity contribution in [3.8, 4) is 0 Å². The van der Waals surface area contributed by atoms with Gasteiger partial charge in [-0.05, 0) is 31.2 Å². The number of hydrogen-bond donors (Lipinski definition) is 2. The summed E-state index contributed by atoms with van der Waals surface area (Å²) in [6.45, 7) is 2.31. The van der Waals surface area contributed by atoms with Gasteiger partial charge in [-0.25, -0.2) is 13.8 Å². The van der Waals surface area contributed by atoms with E-state index >= 15 is 0 Å². The summed E-state index contributed by atoms with van der Waals surface area (Å²) in [5.41, 5.74) is 0.102. The fraction of sp³-hybridized carbons (Fsp3) is 0.154. The zero-order valence-electron chi connectivity index (χ0n) is 11.1. The Hall–Kier alpha value is -2.22. The highest BCUT2D eigenvalue weighted by atomic mass is 32.2. The minimum atomic E-state index is -4.06. The van der Waals surface area contributed by atoms with Crippen molar-refractivity contribution in [2.24, 2.45) is 0 Å². The van der Waals surface area contributed by atoms with Crippen LogP contribution in [0.4, 0.5) is 20.2 Å². The SMILES string of the molecule is CCNc1cccnc1S(=O)(=O)Nc1cc(F)cc(F)c1. The Kier molecular flexibility index (Phi) is 4.37. The highest BCUT2D eigenvalue weighted by Crippen LogP contribution is 2.22. The molecule has 0 radical (unpaired) electrons. The molecule has 0 saturated carbocycles. The molecule has 1 heterocycles. The molecule has 0 bridgehead atoms. The molecule has 0 unspecified atom stereocenters. The van der Waals surface area contributed by atoms with E-state index in [4.69, 9.17) is 0 Å². The number of aromatic nitrogens is 1. The molecule has 0 aliphatic heterocycles. The van der Waals surface area contributed by atoms with Crippen LogP contribution in [0.5, 0.6) is 0 Å².